The lowest BCUT2D eigenvalue weighted by molar-refractivity contribution is 1.57. The Balaban J connectivity index is 2.10. The van der Waals surface area contributed by atoms with Gasteiger partial charge in [-0.05, 0) is 12.1 Å². The van der Waals surface area contributed by atoms with Crippen LogP contribution in [0.2, 0.25) is 0 Å². The molecule has 92 valence electrons. The van der Waals surface area contributed by atoms with Crippen molar-refractivity contribution in [2.75, 3.05) is 0 Å². The predicted molar refractivity (Wildman–Crippen MR) is 86.4 cm³/mol. The summed E-state index contributed by atoms with van der Waals surface area (Å²) in [5.41, 5.74) is 2.35. The summed E-state index contributed by atoms with van der Waals surface area (Å²) in [5.74, 6) is 0. The van der Waals surface area contributed by atoms with Gasteiger partial charge in [0, 0.05) is 21.0 Å². The minimum Gasteiger partial charge on any atom is -0.353 e. The van der Waals surface area contributed by atoms with Crippen molar-refractivity contribution >= 4 is 53.3 Å². The van der Waals surface area contributed by atoms with Gasteiger partial charge in [-0.25, -0.2) is 0 Å². The van der Waals surface area contributed by atoms with Gasteiger partial charge in [-0.1, -0.05) is 48.5 Å². The molecule has 0 saturated heterocycles. The van der Waals surface area contributed by atoms with Gasteiger partial charge in [0.25, 0.3) is 0 Å². The second kappa shape index (κ2) is 3.53. The van der Waals surface area contributed by atoms with Crippen LogP contribution in [0.5, 0.6) is 0 Å². The van der Waals surface area contributed by atoms with Crippen LogP contribution < -0.4 is 0 Å². The first-order valence-corrected chi connectivity index (χ1v) is 7.38. The second-order valence-corrected chi connectivity index (χ2v) is 6.03. The molecule has 2 aromatic heterocycles. The van der Waals surface area contributed by atoms with Crippen LogP contribution in [0.1, 0.15) is 0 Å². The van der Waals surface area contributed by atoms with Gasteiger partial charge in [-0.3, -0.25) is 0 Å². The maximum atomic E-state index is 3.54. The molecule has 0 saturated carbocycles. The highest BCUT2D eigenvalue weighted by molar-refractivity contribution is 7.26. The molecule has 0 amide bonds. The van der Waals surface area contributed by atoms with Crippen molar-refractivity contribution in [1.29, 1.82) is 0 Å². The Kier molecular flexibility index (Phi) is 1.82. The van der Waals surface area contributed by atoms with E-state index in [0.717, 1.165) is 10.9 Å². The van der Waals surface area contributed by atoms with Crippen LogP contribution in [0.15, 0.2) is 48.5 Å². The number of para-hydroxylation sites is 1. The first-order chi connectivity index (χ1) is 9.92. The van der Waals surface area contributed by atoms with E-state index in [1.807, 2.05) is 11.3 Å². The van der Waals surface area contributed by atoms with E-state index in [9.17, 15) is 0 Å². The van der Waals surface area contributed by atoms with Crippen molar-refractivity contribution in [2.24, 2.45) is 0 Å². The second-order valence-electron chi connectivity index (χ2n) is 4.97. The predicted octanol–water partition coefficient (Wildman–Crippen LogP) is 5.29. The van der Waals surface area contributed by atoms with Gasteiger partial charge < -0.3 is 4.98 Å². The summed E-state index contributed by atoms with van der Waals surface area (Å²) in [5, 5.41) is 4.80. The lowest BCUT2D eigenvalue weighted by Gasteiger charge is -1.88. The fourth-order valence-corrected chi connectivity index (χ4v) is 4.08. The summed E-state index contributed by atoms with van der Waals surface area (Å²) in [6, 6.07) is 23.6. The zero-order valence-corrected chi connectivity index (χ0v) is 11.3. The molecule has 0 bridgehead atoms. The Morgan fingerprint density at radius 1 is 0.800 bits per heavy atom. The summed E-state index contributed by atoms with van der Waals surface area (Å²) in [7, 11) is 0. The Labute approximate surface area is 119 Å². The number of aromatic nitrogens is 1. The van der Waals surface area contributed by atoms with Crippen molar-refractivity contribution in [3.8, 4) is 0 Å². The van der Waals surface area contributed by atoms with Crippen molar-refractivity contribution < 1.29 is 0 Å². The van der Waals surface area contributed by atoms with E-state index in [1.165, 1.54) is 31.1 Å². The highest BCUT2D eigenvalue weighted by Gasteiger charge is 2.11. The molecule has 0 atom stereocenters. The molecule has 2 heteroatoms. The van der Waals surface area contributed by atoms with Gasteiger partial charge in [0.05, 0.1) is 21.0 Å². The normalized spacial score (nSPS) is 11.6. The van der Waals surface area contributed by atoms with Crippen LogP contribution in [0.4, 0.5) is 0 Å². The van der Waals surface area contributed by atoms with Crippen molar-refractivity contribution in [1.82, 2.24) is 4.98 Å². The van der Waals surface area contributed by atoms with E-state index in [-0.39, 0.29) is 0 Å². The number of H-pyrrole nitrogens is 1. The number of aromatic amines is 1. The number of thiophene rings is 1. The van der Waals surface area contributed by atoms with Crippen LogP contribution >= 0.6 is 11.3 Å². The van der Waals surface area contributed by atoms with Gasteiger partial charge >= 0.3 is 0 Å². The molecule has 0 spiro atoms. The summed E-state index contributed by atoms with van der Waals surface area (Å²) in [6.45, 7) is 0. The van der Waals surface area contributed by atoms with Crippen molar-refractivity contribution in [2.45, 2.75) is 0 Å². The first-order valence-electron chi connectivity index (χ1n) is 6.56. The maximum absolute atomic E-state index is 3.54. The van der Waals surface area contributed by atoms with E-state index >= 15 is 0 Å². The molecule has 2 heterocycles. The van der Waals surface area contributed by atoms with Crippen LogP contribution in [0.3, 0.4) is 0 Å². The Bertz CT molecular complexity index is 1010. The van der Waals surface area contributed by atoms with Crippen LogP contribution in [0, 0.1) is 12.1 Å². The molecule has 0 fully saturated rings. The topological polar surface area (TPSA) is 15.8 Å². The SMILES string of the molecule is c1c2c3ccccc3[nH]c2c2sc3ccccc3c2c#1. The zero-order valence-electron chi connectivity index (χ0n) is 10.5. The van der Waals surface area contributed by atoms with Crippen LogP contribution in [-0.2, 0) is 0 Å². The summed E-state index contributed by atoms with van der Waals surface area (Å²) >= 11 is 1.82. The fourth-order valence-electron chi connectivity index (χ4n) is 2.91. The molecule has 0 aliphatic heterocycles. The minimum atomic E-state index is 1.14. The first kappa shape index (κ1) is 10.3. The van der Waals surface area contributed by atoms with E-state index in [2.05, 4.69) is 65.6 Å². The number of nitrogens with one attached hydrogen (secondary N) is 1. The third-order valence-corrected chi connectivity index (χ3v) is 5.03. The van der Waals surface area contributed by atoms with Gasteiger partial charge in [0.15, 0.2) is 0 Å². The number of benzene rings is 2. The minimum absolute atomic E-state index is 1.14. The molecule has 1 N–H and O–H groups in total. The molecule has 0 aliphatic carbocycles. The zero-order chi connectivity index (χ0) is 13.1. The van der Waals surface area contributed by atoms with Crippen LogP contribution in [0.25, 0.3) is 42.0 Å². The highest BCUT2D eigenvalue weighted by atomic mass is 32.1. The van der Waals surface area contributed by atoms with E-state index < -0.39 is 0 Å². The monoisotopic (exact) mass is 271 g/mol. The van der Waals surface area contributed by atoms with E-state index in [1.54, 1.807) is 0 Å². The molecule has 5 rings (SSSR count). The molecule has 0 unspecified atom stereocenters. The quantitative estimate of drug-likeness (QED) is 0.394. The number of rotatable bonds is 0. The van der Waals surface area contributed by atoms with Crippen molar-refractivity contribution in [3.05, 3.63) is 60.7 Å². The van der Waals surface area contributed by atoms with Gasteiger partial charge in [-0.2, -0.15) is 0 Å². The average Bonchev–Trinajstić information content (AvgIpc) is 3.05. The third kappa shape index (κ3) is 1.18. The Hall–Kier alpha value is -2.50. The van der Waals surface area contributed by atoms with Gasteiger partial charge in [0.1, 0.15) is 0 Å². The molecule has 5 aromatic rings. The largest absolute Gasteiger partial charge is 0.353 e. The molecule has 0 radical (unpaired) electrons. The Morgan fingerprint density at radius 2 is 1.55 bits per heavy atom. The maximum Gasteiger partial charge on any atom is 0.0738 e. The van der Waals surface area contributed by atoms with Gasteiger partial charge in [-0.15, -0.1) is 11.3 Å². The number of hydrogen-bond acceptors (Lipinski definition) is 1. The smallest absolute Gasteiger partial charge is 0.0738 e. The lowest BCUT2D eigenvalue weighted by Crippen LogP contribution is -1.67. The standard InChI is InChI=1S/C18H9NS/c1-3-7-15-11(5-1)13-9-10-14-12-6-2-4-8-16(12)20-18(14)17(13)19-15/h1-8,19H. The van der Waals surface area contributed by atoms with E-state index in [0.29, 0.717) is 0 Å². The van der Waals surface area contributed by atoms with Crippen LogP contribution in [-0.4, -0.2) is 4.98 Å². The fraction of sp³-hybridized carbons (Fsp3) is 0. The van der Waals surface area contributed by atoms with Crippen molar-refractivity contribution in [3.63, 3.8) is 0 Å². The third-order valence-electron chi connectivity index (χ3n) is 3.84. The molecule has 0 aliphatic rings. The molecule has 3 aromatic carbocycles. The molecule has 1 nitrogen and oxygen atoms in total. The average molecular weight is 271 g/mol. The number of fused-ring (bicyclic) bond motifs is 7. The van der Waals surface area contributed by atoms with E-state index in [4.69, 9.17) is 0 Å². The summed E-state index contributed by atoms with van der Waals surface area (Å²) in [4.78, 5) is 3.54. The summed E-state index contributed by atoms with van der Waals surface area (Å²) in [6.07, 6.45) is 0. The molecule has 20 heavy (non-hydrogen) atoms. The molecular weight excluding hydrogens is 262 g/mol. The number of hydrogen-bond donors (Lipinski definition) is 1. The lowest BCUT2D eigenvalue weighted by atomic mass is 10.1. The van der Waals surface area contributed by atoms with Gasteiger partial charge in [0.2, 0.25) is 0 Å². The Morgan fingerprint density at radius 3 is 2.50 bits per heavy atom. The highest BCUT2D eigenvalue weighted by Crippen LogP contribution is 2.38. The summed E-state index contributed by atoms with van der Waals surface area (Å²) < 4.78 is 2.58. The molecular formula is C18H9NS.